The molecule has 0 spiro atoms. The largest absolute Gasteiger partial charge is 0.483 e. The molecule has 31 heavy (non-hydrogen) atoms. The summed E-state index contributed by atoms with van der Waals surface area (Å²) < 4.78 is 6.56. The number of aryl methyl sites for hydroxylation is 2. The predicted molar refractivity (Wildman–Crippen MR) is 126 cm³/mol. The molecular weight excluding hydrogens is 458 g/mol. The Kier molecular flexibility index (Phi) is 7.56. The summed E-state index contributed by atoms with van der Waals surface area (Å²) >= 11 is 3.33. The average molecular weight is 480 g/mol. The molecule has 0 bridgehead atoms. The Hall–Kier alpha value is -3.45. The molecule has 0 unspecified atom stereocenters. The normalized spacial score (nSPS) is 10.7. The first-order valence-corrected chi connectivity index (χ1v) is 10.4. The Morgan fingerprint density at radius 2 is 1.77 bits per heavy atom. The number of ether oxygens (including phenoxy) is 1. The van der Waals surface area contributed by atoms with Crippen molar-refractivity contribution in [3.8, 4) is 5.75 Å². The minimum absolute atomic E-state index is 0.149. The number of anilines is 1. The van der Waals surface area contributed by atoms with Gasteiger partial charge in [0.05, 0.1) is 6.21 Å². The van der Waals surface area contributed by atoms with Crippen molar-refractivity contribution in [3.63, 3.8) is 0 Å². The first kappa shape index (κ1) is 22.2. The molecule has 3 aromatic carbocycles. The summed E-state index contributed by atoms with van der Waals surface area (Å²) in [5, 5.41) is 6.85. The number of nitrogens with zero attached hydrogens (tertiary/aromatic N) is 1. The standard InChI is InChI=1S/C24H22BrN3O3/c1-16-7-12-21(17(2)13-16)27-23(29)15-31-22-6-4-3-5-19(22)14-26-28-24(30)18-8-10-20(25)11-9-18/h3-14H,15H2,1-2H3,(H,27,29)(H,28,30)/b26-14+. The number of carbonyl (C=O) groups is 2. The summed E-state index contributed by atoms with van der Waals surface area (Å²) in [6.45, 7) is 3.79. The molecule has 0 aromatic heterocycles. The minimum Gasteiger partial charge on any atom is -0.483 e. The van der Waals surface area contributed by atoms with Gasteiger partial charge in [-0.05, 0) is 61.9 Å². The van der Waals surface area contributed by atoms with E-state index in [0.717, 1.165) is 21.3 Å². The van der Waals surface area contributed by atoms with Gasteiger partial charge in [-0.25, -0.2) is 5.43 Å². The number of amides is 2. The van der Waals surface area contributed by atoms with E-state index < -0.39 is 0 Å². The second-order valence-corrected chi connectivity index (χ2v) is 7.81. The monoisotopic (exact) mass is 479 g/mol. The minimum atomic E-state index is -0.324. The van der Waals surface area contributed by atoms with Gasteiger partial charge in [0.1, 0.15) is 5.75 Å². The van der Waals surface area contributed by atoms with Gasteiger partial charge in [0.2, 0.25) is 0 Å². The summed E-state index contributed by atoms with van der Waals surface area (Å²) in [4.78, 5) is 24.4. The van der Waals surface area contributed by atoms with Crippen LogP contribution in [0.15, 0.2) is 76.3 Å². The van der Waals surface area contributed by atoms with Crippen molar-refractivity contribution >= 4 is 39.6 Å². The van der Waals surface area contributed by atoms with Crippen LogP contribution in [0.1, 0.15) is 27.0 Å². The maximum absolute atomic E-state index is 12.3. The molecule has 0 saturated carbocycles. The SMILES string of the molecule is Cc1ccc(NC(=O)COc2ccccc2/C=N/NC(=O)c2ccc(Br)cc2)c(C)c1. The molecule has 0 heterocycles. The Morgan fingerprint density at radius 1 is 1.03 bits per heavy atom. The fourth-order valence-electron chi connectivity index (χ4n) is 2.83. The van der Waals surface area contributed by atoms with Crippen molar-refractivity contribution in [1.29, 1.82) is 0 Å². The summed E-state index contributed by atoms with van der Waals surface area (Å²) in [6, 6.07) is 19.9. The Balaban J connectivity index is 1.58. The predicted octanol–water partition coefficient (Wildman–Crippen LogP) is 4.85. The number of carbonyl (C=O) groups excluding carboxylic acids is 2. The second-order valence-electron chi connectivity index (χ2n) is 6.90. The molecule has 6 nitrogen and oxygen atoms in total. The topological polar surface area (TPSA) is 79.8 Å². The highest BCUT2D eigenvalue weighted by Crippen LogP contribution is 2.18. The summed E-state index contributed by atoms with van der Waals surface area (Å²) in [7, 11) is 0. The van der Waals surface area contributed by atoms with Crippen molar-refractivity contribution < 1.29 is 14.3 Å². The van der Waals surface area contributed by atoms with Gasteiger partial charge in [-0.2, -0.15) is 5.10 Å². The second kappa shape index (κ2) is 10.5. The molecular formula is C24H22BrN3O3. The fraction of sp³-hybridized carbons (Fsp3) is 0.125. The van der Waals surface area contributed by atoms with E-state index in [1.807, 2.05) is 38.1 Å². The number of benzene rings is 3. The lowest BCUT2D eigenvalue weighted by Gasteiger charge is -2.11. The Morgan fingerprint density at radius 3 is 2.52 bits per heavy atom. The van der Waals surface area contributed by atoms with E-state index in [1.165, 1.54) is 6.21 Å². The molecule has 7 heteroatoms. The van der Waals surface area contributed by atoms with Gasteiger partial charge in [0, 0.05) is 21.3 Å². The zero-order valence-electron chi connectivity index (χ0n) is 17.2. The van der Waals surface area contributed by atoms with Crippen molar-refractivity contribution in [2.24, 2.45) is 5.10 Å². The molecule has 0 aliphatic rings. The van der Waals surface area contributed by atoms with E-state index in [-0.39, 0.29) is 18.4 Å². The Bertz CT molecular complexity index is 1110. The highest BCUT2D eigenvalue weighted by molar-refractivity contribution is 9.10. The van der Waals surface area contributed by atoms with Crippen LogP contribution in [0.5, 0.6) is 5.75 Å². The van der Waals surface area contributed by atoms with Crippen LogP contribution in [0.2, 0.25) is 0 Å². The highest BCUT2D eigenvalue weighted by atomic mass is 79.9. The molecule has 0 atom stereocenters. The van der Waals surface area contributed by atoms with E-state index in [0.29, 0.717) is 16.9 Å². The van der Waals surface area contributed by atoms with Crippen molar-refractivity contribution in [2.75, 3.05) is 11.9 Å². The zero-order chi connectivity index (χ0) is 22.2. The maximum Gasteiger partial charge on any atom is 0.271 e. The van der Waals surface area contributed by atoms with Gasteiger partial charge in [-0.1, -0.05) is 45.8 Å². The Labute approximate surface area is 189 Å². The quantitative estimate of drug-likeness (QED) is 0.375. The lowest BCUT2D eigenvalue weighted by atomic mass is 10.1. The highest BCUT2D eigenvalue weighted by Gasteiger charge is 2.08. The van der Waals surface area contributed by atoms with E-state index in [4.69, 9.17) is 4.74 Å². The number of rotatable bonds is 7. The number of hydrogen-bond acceptors (Lipinski definition) is 4. The number of para-hydroxylation sites is 1. The third kappa shape index (κ3) is 6.52. The lowest BCUT2D eigenvalue weighted by molar-refractivity contribution is -0.118. The fourth-order valence-corrected chi connectivity index (χ4v) is 3.09. The first-order valence-electron chi connectivity index (χ1n) is 9.60. The van der Waals surface area contributed by atoms with Crippen molar-refractivity contribution in [3.05, 3.63) is 93.5 Å². The van der Waals surface area contributed by atoms with Crippen molar-refractivity contribution in [1.82, 2.24) is 5.43 Å². The molecule has 3 rings (SSSR count). The van der Waals surface area contributed by atoms with E-state index in [9.17, 15) is 9.59 Å². The van der Waals surface area contributed by atoms with Gasteiger partial charge < -0.3 is 10.1 Å². The van der Waals surface area contributed by atoms with Crippen LogP contribution >= 0.6 is 15.9 Å². The number of hydrazone groups is 1. The third-order valence-corrected chi connectivity index (χ3v) is 4.94. The number of halogens is 1. The van der Waals surface area contributed by atoms with Crippen LogP contribution < -0.4 is 15.5 Å². The molecule has 0 fully saturated rings. The maximum atomic E-state index is 12.3. The summed E-state index contributed by atoms with van der Waals surface area (Å²) in [5.41, 5.74) is 6.49. The molecule has 0 saturated heterocycles. The molecule has 0 aliphatic carbocycles. The summed E-state index contributed by atoms with van der Waals surface area (Å²) in [5.74, 6) is -0.0999. The van der Waals surface area contributed by atoms with Crippen LogP contribution in [0.25, 0.3) is 0 Å². The van der Waals surface area contributed by atoms with Gasteiger partial charge >= 0.3 is 0 Å². The van der Waals surface area contributed by atoms with Gasteiger partial charge in [0.25, 0.3) is 11.8 Å². The van der Waals surface area contributed by atoms with E-state index in [1.54, 1.807) is 42.5 Å². The third-order valence-electron chi connectivity index (χ3n) is 4.41. The van der Waals surface area contributed by atoms with E-state index >= 15 is 0 Å². The molecule has 158 valence electrons. The molecule has 2 amide bonds. The van der Waals surface area contributed by atoms with Gasteiger partial charge in [0.15, 0.2) is 6.61 Å². The molecule has 3 aromatic rings. The molecule has 0 aliphatic heterocycles. The van der Waals surface area contributed by atoms with Crippen LogP contribution in [0, 0.1) is 13.8 Å². The number of hydrogen-bond donors (Lipinski definition) is 2. The van der Waals surface area contributed by atoms with Crippen LogP contribution in [-0.2, 0) is 4.79 Å². The summed E-state index contributed by atoms with van der Waals surface area (Å²) in [6.07, 6.45) is 1.48. The van der Waals surface area contributed by atoms with Gasteiger partial charge in [-0.15, -0.1) is 0 Å². The average Bonchev–Trinajstić information content (AvgIpc) is 2.75. The zero-order valence-corrected chi connectivity index (χ0v) is 18.8. The molecule has 2 N–H and O–H groups in total. The number of nitrogens with one attached hydrogen (secondary N) is 2. The van der Waals surface area contributed by atoms with Gasteiger partial charge in [-0.3, -0.25) is 9.59 Å². The van der Waals surface area contributed by atoms with Crippen LogP contribution in [0.4, 0.5) is 5.69 Å². The van der Waals surface area contributed by atoms with Crippen LogP contribution in [0.3, 0.4) is 0 Å². The van der Waals surface area contributed by atoms with Crippen LogP contribution in [-0.4, -0.2) is 24.6 Å². The van der Waals surface area contributed by atoms with E-state index in [2.05, 4.69) is 31.8 Å². The first-order chi connectivity index (χ1) is 14.9. The lowest BCUT2D eigenvalue weighted by Crippen LogP contribution is -2.21. The smallest absolute Gasteiger partial charge is 0.271 e. The van der Waals surface area contributed by atoms with Crippen molar-refractivity contribution in [2.45, 2.75) is 13.8 Å². The molecule has 0 radical (unpaired) electrons.